The number of hydrogen-bond donors (Lipinski definition) is 0. The van der Waals surface area contributed by atoms with Crippen LogP contribution < -0.4 is 0 Å². The molecular formula is C18H30N4S2. The van der Waals surface area contributed by atoms with E-state index in [9.17, 15) is 0 Å². The molecule has 0 unspecified atom stereocenters. The van der Waals surface area contributed by atoms with Gasteiger partial charge in [0.05, 0.1) is 0 Å². The minimum absolute atomic E-state index is 0.940. The summed E-state index contributed by atoms with van der Waals surface area (Å²) in [6, 6.07) is 2.05. The van der Waals surface area contributed by atoms with Crippen LogP contribution in [0.2, 0.25) is 0 Å². The SMILES string of the molecule is c1cc(SCCN2CCCCC2)nc(SCCN2CCCCC2)n1. The summed E-state index contributed by atoms with van der Waals surface area (Å²) in [6.07, 6.45) is 10.2. The minimum atomic E-state index is 0.940. The Balaban J connectivity index is 1.35. The van der Waals surface area contributed by atoms with Crippen LogP contribution in [-0.2, 0) is 0 Å². The van der Waals surface area contributed by atoms with Crippen molar-refractivity contribution < 1.29 is 0 Å². The van der Waals surface area contributed by atoms with Gasteiger partial charge in [0.25, 0.3) is 0 Å². The van der Waals surface area contributed by atoms with E-state index in [0.29, 0.717) is 0 Å². The van der Waals surface area contributed by atoms with Gasteiger partial charge >= 0.3 is 0 Å². The Labute approximate surface area is 155 Å². The fourth-order valence-corrected chi connectivity index (χ4v) is 5.14. The van der Waals surface area contributed by atoms with Crippen molar-refractivity contribution in [3.8, 4) is 0 Å². The molecule has 0 aromatic carbocycles. The number of likely N-dealkylation sites (tertiary alicyclic amines) is 2. The Morgan fingerprint density at radius 3 is 2.00 bits per heavy atom. The van der Waals surface area contributed by atoms with Crippen molar-refractivity contribution in [2.45, 2.75) is 48.7 Å². The largest absolute Gasteiger partial charge is 0.303 e. The normalized spacial score (nSPS) is 20.3. The maximum Gasteiger partial charge on any atom is 0.188 e. The van der Waals surface area contributed by atoms with Crippen LogP contribution in [0.15, 0.2) is 22.4 Å². The van der Waals surface area contributed by atoms with Gasteiger partial charge in [0.2, 0.25) is 0 Å². The first kappa shape index (κ1) is 18.5. The second kappa shape index (κ2) is 10.6. The Morgan fingerprint density at radius 2 is 1.38 bits per heavy atom. The fraction of sp³-hybridized carbons (Fsp3) is 0.778. The number of hydrogen-bond acceptors (Lipinski definition) is 6. The lowest BCUT2D eigenvalue weighted by molar-refractivity contribution is 0.242. The molecule has 0 bridgehead atoms. The Hall–Kier alpha value is -0.300. The lowest BCUT2D eigenvalue weighted by atomic mass is 10.1. The van der Waals surface area contributed by atoms with Crippen LogP contribution in [0, 0.1) is 0 Å². The van der Waals surface area contributed by atoms with Crippen LogP contribution in [0.3, 0.4) is 0 Å². The zero-order valence-electron chi connectivity index (χ0n) is 14.7. The first-order chi connectivity index (χ1) is 11.9. The molecular weight excluding hydrogens is 336 g/mol. The summed E-state index contributed by atoms with van der Waals surface area (Å²) in [5.41, 5.74) is 0. The van der Waals surface area contributed by atoms with Crippen LogP contribution in [0.4, 0.5) is 0 Å². The van der Waals surface area contributed by atoms with E-state index in [1.807, 2.05) is 18.0 Å². The number of rotatable bonds is 8. The molecule has 3 heterocycles. The van der Waals surface area contributed by atoms with Gasteiger partial charge in [0.15, 0.2) is 5.16 Å². The van der Waals surface area contributed by atoms with Gasteiger partial charge in [0.1, 0.15) is 5.03 Å². The monoisotopic (exact) mass is 366 g/mol. The zero-order chi connectivity index (χ0) is 16.5. The molecule has 0 saturated carbocycles. The lowest BCUT2D eigenvalue weighted by Gasteiger charge is -2.26. The average Bonchev–Trinajstić information content (AvgIpc) is 2.64. The molecule has 2 saturated heterocycles. The van der Waals surface area contributed by atoms with Crippen LogP contribution in [0.1, 0.15) is 38.5 Å². The van der Waals surface area contributed by atoms with Gasteiger partial charge in [0, 0.05) is 30.8 Å². The lowest BCUT2D eigenvalue weighted by Crippen LogP contribution is -2.31. The highest BCUT2D eigenvalue weighted by Crippen LogP contribution is 2.20. The van der Waals surface area contributed by atoms with Crippen molar-refractivity contribution in [3.63, 3.8) is 0 Å². The fourth-order valence-electron chi connectivity index (χ4n) is 3.39. The van der Waals surface area contributed by atoms with Crippen LogP contribution in [0.25, 0.3) is 0 Å². The van der Waals surface area contributed by atoms with E-state index in [-0.39, 0.29) is 0 Å². The molecule has 0 amide bonds. The van der Waals surface area contributed by atoms with Gasteiger partial charge in [-0.3, -0.25) is 0 Å². The molecule has 0 radical (unpaired) electrons. The quantitative estimate of drug-likeness (QED) is 0.397. The summed E-state index contributed by atoms with van der Waals surface area (Å²) in [5.74, 6) is 2.23. The van der Waals surface area contributed by atoms with Crippen LogP contribution in [0.5, 0.6) is 0 Å². The van der Waals surface area contributed by atoms with Gasteiger partial charge in [-0.2, -0.15) is 0 Å². The van der Waals surface area contributed by atoms with Crippen molar-refractivity contribution in [1.29, 1.82) is 0 Å². The highest BCUT2D eigenvalue weighted by Gasteiger charge is 2.11. The van der Waals surface area contributed by atoms with Gasteiger partial charge < -0.3 is 9.80 Å². The molecule has 1 aromatic rings. The molecule has 4 nitrogen and oxygen atoms in total. The van der Waals surface area contributed by atoms with Gasteiger partial charge in [-0.25, -0.2) is 9.97 Å². The molecule has 134 valence electrons. The standard InChI is InChI=1S/C18H30N4S2/c1-3-9-21(10-4-1)13-15-23-17-7-8-19-18(20-17)24-16-14-22-11-5-2-6-12-22/h7-8H,1-6,9-16H2. The molecule has 0 N–H and O–H groups in total. The Kier molecular flexibility index (Phi) is 8.20. The summed E-state index contributed by atoms with van der Waals surface area (Å²) in [7, 11) is 0. The van der Waals surface area contributed by atoms with Gasteiger partial charge in [-0.1, -0.05) is 24.6 Å². The summed E-state index contributed by atoms with van der Waals surface area (Å²) < 4.78 is 0. The van der Waals surface area contributed by atoms with Crippen LogP contribution >= 0.6 is 23.5 Å². The summed E-state index contributed by atoms with van der Waals surface area (Å²) in [6.45, 7) is 7.46. The predicted molar refractivity (Wildman–Crippen MR) is 104 cm³/mol. The van der Waals surface area contributed by atoms with E-state index in [1.165, 1.54) is 77.8 Å². The third-order valence-electron chi connectivity index (χ3n) is 4.80. The van der Waals surface area contributed by atoms with E-state index in [1.54, 1.807) is 11.8 Å². The first-order valence-electron chi connectivity index (χ1n) is 9.43. The summed E-state index contributed by atoms with van der Waals surface area (Å²) in [5, 5.41) is 2.07. The zero-order valence-corrected chi connectivity index (χ0v) is 16.3. The van der Waals surface area contributed by atoms with Crippen LogP contribution in [-0.4, -0.2) is 70.5 Å². The van der Waals surface area contributed by atoms with Crippen molar-refractivity contribution in [2.24, 2.45) is 0 Å². The third-order valence-corrected chi connectivity index (χ3v) is 6.55. The maximum atomic E-state index is 4.72. The Bertz CT molecular complexity index is 435. The molecule has 1 aromatic heterocycles. The third kappa shape index (κ3) is 6.54. The number of piperidine rings is 2. The smallest absolute Gasteiger partial charge is 0.188 e. The van der Waals surface area contributed by atoms with Gasteiger partial charge in [-0.15, -0.1) is 11.8 Å². The molecule has 24 heavy (non-hydrogen) atoms. The average molecular weight is 367 g/mol. The number of nitrogens with zero attached hydrogens (tertiary/aromatic N) is 4. The molecule has 2 aliphatic rings. The highest BCUT2D eigenvalue weighted by molar-refractivity contribution is 7.99. The molecule has 0 aliphatic carbocycles. The van der Waals surface area contributed by atoms with E-state index >= 15 is 0 Å². The Morgan fingerprint density at radius 1 is 0.792 bits per heavy atom. The number of aromatic nitrogens is 2. The molecule has 6 heteroatoms. The topological polar surface area (TPSA) is 32.3 Å². The molecule has 2 aliphatic heterocycles. The van der Waals surface area contributed by atoms with E-state index in [2.05, 4.69) is 20.9 Å². The van der Waals surface area contributed by atoms with Crippen molar-refractivity contribution in [1.82, 2.24) is 19.8 Å². The van der Waals surface area contributed by atoms with E-state index < -0.39 is 0 Å². The molecule has 3 rings (SSSR count). The van der Waals surface area contributed by atoms with Crippen molar-refractivity contribution in [3.05, 3.63) is 12.3 Å². The minimum Gasteiger partial charge on any atom is -0.303 e. The summed E-state index contributed by atoms with van der Waals surface area (Å²) in [4.78, 5) is 14.3. The van der Waals surface area contributed by atoms with Crippen molar-refractivity contribution in [2.75, 3.05) is 50.8 Å². The maximum absolute atomic E-state index is 4.72. The highest BCUT2D eigenvalue weighted by atomic mass is 32.2. The van der Waals surface area contributed by atoms with Crippen molar-refractivity contribution >= 4 is 23.5 Å². The predicted octanol–water partition coefficient (Wildman–Crippen LogP) is 3.63. The van der Waals surface area contributed by atoms with Gasteiger partial charge in [-0.05, 0) is 57.9 Å². The van der Waals surface area contributed by atoms with E-state index in [0.717, 1.165) is 21.7 Å². The molecule has 0 atom stereocenters. The first-order valence-corrected chi connectivity index (χ1v) is 11.4. The van der Waals surface area contributed by atoms with E-state index in [4.69, 9.17) is 4.98 Å². The molecule has 2 fully saturated rings. The summed E-state index contributed by atoms with van der Waals surface area (Å²) >= 11 is 3.68. The second-order valence-electron chi connectivity index (χ2n) is 6.68. The number of thioether (sulfide) groups is 2. The molecule has 0 spiro atoms. The second-order valence-corrected chi connectivity index (χ2v) is 8.86.